The van der Waals surface area contributed by atoms with Crippen LogP contribution in [0.1, 0.15) is 43.2 Å². The van der Waals surface area contributed by atoms with Crippen LogP contribution < -0.4 is 20.1 Å². The largest absolute Gasteiger partial charge is 0.493 e. The van der Waals surface area contributed by atoms with E-state index < -0.39 is 0 Å². The van der Waals surface area contributed by atoms with Crippen molar-refractivity contribution in [1.29, 1.82) is 0 Å². The summed E-state index contributed by atoms with van der Waals surface area (Å²) in [5.41, 5.74) is 1.09. The molecule has 1 aliphatic heterocycles. The van der Waals surface area contributed by atoms with Gasteiger partial charge in [-0.2, -0.15) is 0 Å². The number of ether oxygens (including phenoxy) is 2. The zero-order valence-corrected chi connectivity index (χ0v) is 22.7. The Morgan fingerprint density at radius 3 is 2.75 bits per heavy atom. The van der Waals surface area contributed by atoms with E-state index >= 15 is 0 Å². The highest BCUT2D eigenvalue weighted by molar-refractivity contribution is 14.0. The van der Waals surface area contributed by atoms with Gasteiger partial charge in [-0.05, 0) is 75.3 Å². The van der Waals surface area contributed by atoms with Crippen LogP contribution in [0, 0.1) is 5.92 Å². The van der Waals surface area contributed by atoms with Crippen molar-refractivity contribution in [3.8, 4) is 11.5 Å². The Balaban J connectivity index is 0.00000363. The SMILES string of the molecule is CCNC(=NCc1ccc(OCC)c(OC)c1)NCC1CCCN(C)C1c1cccs1.I. The van der Waals surface area contributed by atoms with Gasteiger partial charge in [-0.15, -0.1) is 35.3 Å². The number of nitrogens with zero attached hydrogens (tertiary/aromatic N) is 2. The van der Waals surface area contributed by atoms with E-state index in [1.165, 1.54) is 17.7 Å². The second-order valence-electron chi connectivity index (χ2n) is 7.84. The second-order valence-corrected chi connectivity index (χ2v) is 8.82. The number of nitrogens with one attached hydrogen (secondary N) is 2. The second kappa shape index (κ2) is 13.9. The molecule has 2 N–H and O–H groups in total. The van der Waals surface area contributed by atoms with Gasteiger partial charge < -0.3 is 20.1 Å². The summed E-state index contributed by atoms with van der Waals surface area (Å²) in [5, 5.41) is 9.16. The maximum absolute atomic E-state index is 5.61. The predicted molar refractivity (Wildman–Crippen MR) is 145 cm³/mol. The number of benzene rings is 1. The summed E-state index contributed by atoms with van der Waals surface area (Å²) in [6.45, 7) is 8.16. The number of rotatable bonds is 9. The predicted octanol–water partition coefficient (Wildman–Crippen LogP) is 4.91. The van der Waals surface area contributed by atoms with Crippen molar-refractivity contribution in [3.05, 3.63) is 46.2 Å². The van der Waals surface area contributed by atoms with Crippen LogP contribution >= 0.6 is 35.3 Å². The van der Waals surface area contributed by atoms with Crippen molar-refractivity contribution >= 4 is 41.3 Å². The lowest BCUT2D eigenvalue weighted by molar-refractivity contribution is 0.125. The molecule has 32 heavy (non-hydrogen) atoms. The van der Waals surface area contributed by atoms with E-state index in [0.717, 1.165) is 42.7 Å². The number of likely N-dealkylation sites (tertiary alicyclic amines) is 1. The molecule has 2 heterocycles. The fraction of sp³-hybridized carbons (Fsp3) is 0.542. The average Bonchev–Trinajstić information content (AvgIpc) is 3.31. The third-order valence-electron chi connectivity index (χ3n) is 5.67. The molecule has 1 aromatic heterocycles. The molecule has 8 heteroatoms. The van der Waals surface area contributed by atoms with Crippen LogP contribution in [0.15, 0.2) is 40.7 Å². The molecular formula is C24H37IN4O2S. The van der Waals surface area contributed by atoms with E-state index in [0.29, 0.717) is 25.1 Å². The number of hydrogen-bond donors (Lipinski definition) is 2. The van der Waals surface area contributed by atoms with Crippen molar-refractivity contribution < 1.29 is 9.47 Å². The molecule has 1 aliphatic rings. The highest BCUT2D eigenvalue weighted by atomic mass is 127. The maximum Gasteiger partial charge on any atom is 0.191 e. The van der Waals surface area contributed by atoms with Crippen LogP contribution in [0.2, 0.25) is 0 Å². The minimum Gasteiger partial charge on any atom is -0.493 e. The number of halogens is 1. The summed E-state index contributed by atoms with van der Waals surface area (Å²) >= 11 is 1.86. The fourth-order valence-corrected chi connectivity index (χ4v) is 5.19. The van der Waals surface area contributed by atoms with Gasteiger partial charge >= 0.3 is 0 Å². The van der Waals surface area contributed by atoms with Crippen molar-refractivity contribution in [2.75, 3.05) is 40.4 Å². The quantitative estimate of drug-likeness (QED) is 0.254. The first-order valence-electron chi connectivity index (χ1n) is 11.2. The molecule has 3 rings (SSSR count). The molecule has 2 aromatic rings. The molecule has 178 valence electrons. The first kappa shape index (κ1) is 26.7. The minimum atomic E-state index is 0. The van der Waals surface area contributed by atoms with Crippen LogP contribution in [0.4, 0.5) is 0 Å². The molecule has 0 aliphatic carbocycles. The lowest BCUT2D eigenvalue weighted by Gasteiger charge is -2.39. The van der Waals surface area contributed by atoms with Crippen molar-refractivity contribution in [2.24, 2.45) is 10.9 Å². The third-order valence-corrected chi connectivity index (χ3v) is 6.61. The first-order valence-corrected chi connectivity index (χ1v) is 12.1. The fourth-order valence-electron chi connectivity index (χ4n) is 4.21. The van der Waals surface area contributed by atoms with Crippen molar-refractivity contribution in [3.63, 3.8) is 0 Å². The summed E-state index contributed by atoms with van der Waals surface area (Å²) in [4.78, 5) is 8.77. The van der Waals surface area contributed by atoms with Crippen LogP contribution in [0.25, 0.3) is 0 Å². The normalized spacial score (nSPS) is 19.2. The van der Waals surface area contributed by atoms with Gasteiger partial charge in [0.2, 0.25) is 0 Å². The molecule has 0 amide bonds. The lowest BCUT2D eigenvalue weighted by atomic mass is 9.88. The Labute approximate surface area is 213 Å². The molecule has 0 saturated carbocycles. The molecule has 6 nitrogen and oxygen atoms in total. The highest BCUT2D eigenvalue weighted by Gasteiger charge is 2.31. The van der Waals surface area contributed by atoms with E-state index in [9.17, 15) is 0 Å². The zero-order valence-electron chi connectivity index (χ0n) is 19.6. The number of hydrogen-bond acceptors (Lipinski definition) is 5. The first-order chi connectivity index (χ1) is 15.2. The van der Waals surface area contributed by atoms with E-state index in [2.05, 4.69) is 47.0 Å². The maximum atomic E-state index is 5.61. The molecule has 1 saturated heterocycles. The Morgan fingerprint density at radius 2 is 2.06 bits per heavy atom. The number of guanidine groups is 1. The molecule has 0 spiro atoms. The lowest BCUT2D eigenvalue weighted by Crippen LogP contribution is -2.44. The zero-order chi connectivity index (χ0) is 22.1. The number of piperidine rings is 1. The molecule has 0 bridgehead atoms. The van der Waals surface area contributed by atoms with Crippen LogP contribution in [0.3, 0.4) is 0 Å². The van der Waals surface area contributed by atoms with Gasteiger partial charge in [-0.1, -0.05) is 12.1 Å². The Bertz CT molecular complexity index is 831. The van der Waals surface area contributed by atoms with Crippen molar-refractivity contribution in [2.45, 2.75) is 39.3 Å². The van der Waals surface area contributed by atoms with Crippen LogP contribution in [0.5, 0.6) is 11.5 Å². The van der Waals surface area contributed by atoms with E-state index in [1.807, 2.05) is 36.5 Å². The molecule has 1 fully saturated rings. The van der Waals surface area contributed by atoms with E-state index in [1.54, 1.807) is 7.11 Å². The minimum absolute atomic E-state index is 0. The molecule has 1 aromatic carbocycles. The van der Waals surface area contributed by atoms with Gasteiger partial charge in [0.25, 0.3) is 0 Å². The summed E-state index contributed by atoms with van der Waals surface area (Å²) in [7, 11) is 3.91. The summed E-state index contributed by atoms with van der Waals surface area (Å²) in [6.07, 6.45) is 2.47. The Morgan fingerprint density at radius 1 is 1.22 bits per heavy atom. The highest BCUT2D eigenvalue weighted by Crippen LogP contribution is 2.36. The van der Waals surface area contributed by atoms with Crippen molar-refractivity contribution in [1.82, 2.24) is 15.5 Å². The Kier molecular flexibility index (Phi) is 11.6. The number of methoxy groups -OCH3 is 1. The molecule has 2 atom stereocenters. The Hall–Kier alpha value is -1.52. The van der Waals surface area contributed by atoms with Gasteiger partial charge in [-0.3, -0.25) is 4.90 Å². The van der Waals surface area contributed by atoms with Crippen LogP contribution in [-0.4, -0.2) is 51.3 Å². The standard InChI is InChI=1S/C24H36N4O2S.HI/c1-5-25-24(26-16-18-11-12-20(30-6-2)21(15-18)29-4)27-17-19-9-7-13-28(3)23(19)22-10-8-14-31-22;/h8,10-12,14-15,19,23H,5-7,9,13,16-17H2,1-4H3,(H2,25,26,27);1H. The van der Waals surface area contributed by atoms with Gasteiger partial charge in [0.05, 0.1) is 20.3 Å². The average molecular weight is 573 g/mol. The van der Waals surface area contributed by atoms with Gasteiger partial charge in [0.1, 0.15) is 0 Å². The van der Waals surface area contributed by atoms with Gasteiger partial charge in [0, 0.05) is 24.0 Å². The van der Waals surface area contributed by atoms with Gasteiger partial charge in [-0.25, -0.2) is 4.99 Å². The third kappa shape index (κ3) is 7.25. The summed E-state index contributed by atoms with van der Waals surface area (Å²) in [6, 6.07) is 10.9. The van der Waals surface area contributed by atoms with E-state index in [-0.39, 0.29) is 24.0 Å². The molecule has 2 unspecified atom stereocenters. The smallest absolute Gasteiger partial charge is 0.191 e. The van der Waals surface area contributed by atoms with Gasteiger partial charge in [0.15, 0.2) is 17.5 Å². The molecular weight excluding hydrogens is 535 g/mol. The molecule has 0 radical (unpaired) electrons. The van der Waals surface area contributed by atoms with E-state index in [4.69, 9.17) is 14.5 Å². The number of thiophene rings is 1. The summed E-state index contributed by atoms with van der Waals surface area (Å²) in [5.74, 6) is 2.93. The summed E-state index contributed by atoms with van der Waals surface area (Å²) < 4.78 is 11.1. The number of aliphatic imine (C=N–C) groups is 1. The monoisotopic (exact) mass is 572 g/mol. The topological polar surface area (TPSA) is 58.1 Å². The van der Waals surface area contributed by atoms with Crippen LogP contribution in [-0.2, 0) is 6.54 Å².